The van der Waals surface area contributed by atoms with Crippen molar-refractivity contribution in [2.24, 2.45) is 5.73 Å². The number of benzene rings is 1. The fourth-order valence-electron chi connectivity index (χ4n) is 2.70. The fraction of sp³-hybridized carbons (Fsp3) is 0.588. The molecule has 0 spiro atoms. The number of halogens is 1. The van der Waals surface area contributed by atoms with E-state index in [1.54, 1.807) is 0 Å². The van der Waals surface area contributed by atoms with E-state index in [1.165, 1.54) is 37.8 Å². The van der Waals surface area contributed by atoms with Crippen LogP contribution in [0.4, 0.5) is 4.39 Å². The molecule has 0 bridgehead atoms. The normalized spacial score (nSPS) is 13.0. The number of aromatic nitrogens is 2. The summed E-state index contributed by atoms with van der Waals surface area (Å²) >= 11 is 0. The third-order valence-electron chi connectivity index (χ3n) is 4.00. The summed E-state index contributed by atoms with van der Waals surface area (Å²) in [7, 11) is 0. The van der Waals surface area contributed by atoms with Crippen molar-refractivity contribution in [1.29, 1.82) is 0 Å². The monoisotopic (exact) mass is 291 g/mol. The van der Waals surface area contributed by atoms with Gasteiger partial charge in [-0.15, -0.1) is 0 Å². The molecule has 3 nitrogen and oxygen atoms in total. The van der Waals surface area contributed by atoms with Crippen LogP contribution < -0.4 is 5.73 Å². The highest BCUT2D eigenvalue weighted by Gasteiger charge is 2.15. The molecule has 0 amide bonds. The Bertz CT molecular complexity index is 577. The number of rotatable bonds is 8. The summed E-state index contributed by atoms with van der Waals surface area (Å²) < 4.78 is 15.5. The molecule has 1 atom stereocenters. The second-order valence-electron chi connectivity index (χ2n) is 5.68. The van der Waals surface area contributed by atoms with E-state index < -0.39 is 0 Å². The minimum Gasteiger partial charge on any atom is -0.327 e. The van der Waals surface area contributed by atoms with Gasteiger partial charge in [0.2, 0.25) is 0 Å². The predicted octanol–water partition coefficient (Wildman–Crippen LogP) is 4.56. The molecule has 2 rings (SSSR count). The van der Waals surface area contributed by atoms with Crippen molar-refractivity contribution in [3.8, 4) is 0 Å². The van der Waals surface area contributed by atoms with Crippen LogP contribution in [0.25, 0.3) is 11.0 Å². The first-order valence-corrected chi connectivity index (χ1v) is 8.08. The third kappa shape index (κ3) is 3.82. The number of fused-ring (bicyclic) bond motifs is 1. The Morgan fingerprint density at radius 2 is 1.95 bits per heavy atom. The highest BCUT2D eigenvalue weighted by molar-refractivity contribution is 5.76. The molecular formula is C17H26FN3. The SMILES string of the molecule is CCCCCCCn1c(C(N)CC)nc2cc(F)ccc21. The molecule has 2 aromatic rings. The molecule has 0 aliphatic rings. The van der Waals surface area contributed by atoms with Crippen LogP contribution >= 0.6 is 0 Å². The minimum atomic E-state index is -0.244. The molecule has 0 saturated carbocycles. The van der Waals surface area contributed by atoms with Crippen LogP contribution in [0, 0.1) is 5.82 Å². The maximum Gasteiger partial charge on any atom is 0.126 e. The zero-order chi connectivity index (χ0) is 15.2. The van der Waals surface area contributed by atoms with Crippen molar-refractivity contribution < 1.29 is 4.39 Å². The van der Waals surface area contributed by atoms with E-state index in [9.17, 15) is 4.39 Å². The quantitative estimate of drug-likeness (QED) is 0.725. The van der Waals surface area contributed by atoms with Gasteiger partial charge in [-0.25, -0.2) is 9.37 Å². The predicted molar refractivity (Wildman–Crippen MR) is 85.7 cm³/mol. The lowest BCUT2D eigenvalue weighted by Gasteiger charge is -2.13. The molecule has 1 aromatic carbocycles. The second-order valence-corrected chi connectivity index (χ2v) is 5.68. The first-order chi connectivity index (χ1) is 10.2. The number of hydrogen-bond acceptors (Lipinski definition) is 2. The van der Waals surface area contributed by atoms with Crippen molar-refractivity contribution in [2.45, 2.75) is 65.0 Å². The zero-order valence-corrected chi connectivity index (χ0v) is 13.1. The number of nitrogens with two attached hydrogens (primary N) is 1. The molecule has 4 heteroatoms. The van der Waals surface area contributed by atoms with E-state index in [-0.39, 0.29) is 11.9 Å². The molecule has 0 fully saturated rings. The summed E-state index contributed by atoms with van der Waals surface area (Å²) in [6.07, 6.45) is 6.98. The zero-order valence-electron chi connectivity index (χ0n) is 13.1. The molecule has 0 saturated heterocycles. The van der Waals surface area contributed by atoms with E-state index in [1.807, 2.05) is 6.07 Å². The standard InChI is InChI=1S/C17H26FN3/c1-3-5-6-7-8-11-21-16-10-9-13(18)12-15(16)20-17(21)14(19)4-2/h9-10,12,14H,3-8,11,19H2,1-2H3. The lowest BCUT2D eigenvalue weighted by Crippen LogP contribution is -2.16. The topological polar surface area (TPSA) is 43.8 Å². The summed E-state index contributed by atoms with van der Waals surface area (Å²) in [6.45, 7) is 5.18. The van der Waals surface area contributed by atoms with Gasteiger partial charge in [0.1, 0.15) is 11.6 Å². The Balaban J connectivity index is 2.21. The van der Waals surface area contributed by atoms with Crippen LogP contribution in [-0.4, -0.2) is 9.55 Å². The number of unbranched alkanes of at least 4 members (excludes halogenated alkanes) is 4. The average Bonchev–Trinajstić information content (AvgIpc) is 2.84. The molecule has 1 aromatic heterocycles. The maximum atomic E-state index is 13.4. The third-order valence-corrected chi connectivity index (χ3v) is 4.00. The highest BCUT2D eigenvalue weighted by atomic mass is 19.1. The van der Waals surface area contributed by atoms with Crippen LogP contribution in [0.3, 0.4) is 0 Å². The molecule has 0 aliphatic carbocycles. The molecule has 0 aliphatic heterocycles. The highest BCUT2D eigenvalue weighted by Crippen LogP contribution is 2.23. The smallest absolute Gasteiger partial charge is 0.126 e. The number of hydrogen-bond donors (Lipinski definition) is 1. The van der Waals surface area contributed by atoms with Crippen LogP contribution in [0.15, 0.2) is 18.2 Å². The number of nitrogens with zero attached hydrogens (tertiary/aromatic N) is 2. The van der Waals surface area contributed by atoms with Crippen molar-refractivity contribution in [1.82, 2.24) is 9.55 Å². The lowest BCUT2D eigenvalue weighted by molar-refractivity contribution is 0.534. The lowest BCUT2D eigenvalue weighted by atomic mass is 10.1. The Morgan fingerprint density at radius 1 is 1.19 bits per heavy atom. The van der Waals surface area contributed by atoms with Crippen LogP contribution in [0.1, 0.15) is 64.2 Å². The van der Waals surface area contributed by atoms with E-state index >= 15 is 0 Å². The van der Waals surface area contributed by atoms with Gasteiger partial charge in [-0.05, 0) is 25.0 Å². The van der Waals surface area contributed by atoms with Crippen molar-refractivity contribution in [3.63, 3.8) is 0 Å². The van der Waals surface area contributed by atoms with Gasteiger partial charge >= 0.3 is 0 Å². The summed E-state index contributed by atoms with van der Waals surface area (Å²) in [5, 5.41) is 0. The van der Waals surface area contributed by atoms with E-state index in [0.717, 1.165) is 30.7 Å². The molecule has 2 N–H and O–H groups in total. The van der Waals surface area contributed by atoms with Gasteiger partial charge in [0.25, 0.3) is 0 Å². The summed E-state index contributed by atoms with van der Waals surface area (Å²) in [5.74, 6) is 0.639. The van der Waals surface area contributed by atoms with Crippen LogP contribution in [0.2, 0.25) is 0 Å². The number of imidazole rings is 1. The van der Waals surface area contributed by atoms with Crippen molar-refractivity contribution in [2.75, 3.05) is 0 Å². The maximum absolute atomic E-state index is 13.4. The minimum absolute atomic E-state index is 0.0869. The first-order valence-electron chi connectivity index (χ1n) is 8.08. The molecule has 0 radical (unpaired) electrons. The van der Waals surface area contributed by atoms with Crippen molar-refractivity contribution >= 4 is 11.0 Å². The van der Waals surface area contributed by atoms with Gasteiger partial charge in [0.05, 0.1) is 17.1 Å². The molecule has 1 heterocycles. The molecule has 1 unspecified atom stereocenters. The van der Waals surface area contributed by atoms with Gasteiger partial charge in [-0.3, -0.25) is 0 Å². The van der Waals surface area contributed by atoms with Crippen molar-refractivity contribution in [3.05, 3.63) is 29.8 Å². The molecule has 116 valence electrons. The summed E-state index contributed by atoms with van der Waals surface area (Å²) in [5.41, 5.74) is 7.87. The van der Waals surface area contributed by atoms with E-state index in [0.29, 0.717) is 5.52 Å². The fourth-order valence-corrected chi connectivity index (χ4v) is 2.70. The van der Waals surface area contributed by atoms with E-state index in [2.05, 4.69) is 23.4 Å². The second kappa shape index (κ2) is 7.55. The molecular weight excluding hydrogens is 265 g/mol. The number of aryl methyl sites for hydroxylation is 1. The van der Waals surface area contributed by atoms with E-state index in [4.69, 9.17) is 5.73 Å². The average molecular weight is 291 g/mol. The van der Waals surface area contributed by atoms with Crippen LogP contribution in [-0.2, 0) is 6.54 Å². The first kappa shape index (κ1) is 16.0. The van der Waals surface area contributed by atoms with Gasteiger partial charge in [0, 0.05) is 12.6 Å². The largest absolute Gasteiger partial charge is 0.327 e. The Kier molecular flexibility index (Phi) is 5.74. The Hall–Kier alpha value is -1.42. The summed E-state index contributed by atoms with van der Waals surface area (Å²) in [6, 6.07) is 4.72. The van der Waals surface area contributed by atoms with Gasteiger partial charge in [-0.1, -0.05) is 39.5 Å². The van der Waals surface area contributed by atoms with Gasteiger partial charge < -0.3 is 10.3 Å². The summed E-state index contributed by atoms with van der Waals surface area (Å²) in [4.78, 5) is 4.56. The molecule has 21 heavy (non-hydrogen) atoms. The van der Waals surface area contributed by atoms with Crippen LogP contribution in [0.5, 0.6) is 0 Å². The Labute approximate surface area is 126 Å². The Morgan fingerprint density at radius 3 is 2.67 bits per heavy atom. The van der Waals surface area contributed by atoms with Gasteiger partial charge in [-0.2, -0.15) is 0 Å². The van der Waals surface area contributed by atoms with Gasteiger partial charge in [0.15, 0.2) is 0 Å².